The summed E-state index contributed by atoms with van der Waals surface area (Å²) in [5, 5.41) is 6.85. The van der Waals surface area contributed by atoms with E-state index in [9.17, 15) is 0 Å². The molecule has 1 fully saturated rings. The lowest BCUT2D eigenvalue weighted by atomic mass is 10.2. The summed E-state index contributed by atoms with van der Waals surface area (Å²) >= 11 is 0. The molecule has 0 bridgehead atoms. The summed E-state index contributed by atoms with van der Waals surface area (Å²) in [6, 6.07) is 0.616. The SMILES string of the molecule is CCNC(=NCCCCOCCOC)NC1CCCC1.I. The third kappa shape index (κ3) is 11.2. The molecule has 0 saturated heterocycles. The largest absolute Gasteiger partial charge is 0.382 e. The maximum atomic E-state index is 5.43. The highest BCUT2D eigenvalue weighted by Gasteiger charge is 2.15. The second-order valence-corrected chi connectivity index (χ2v) is 5.20. The van der Waals surface area contributed by atoms with E-state index >= 15 is 0 Å². The van der Waals surface area contributed by atoms with Crippen molar-refractivity contribution >= 4 is 29.9 Å². The average Bonchev–Trinajstić information content (AvgIpc) is 2.95. The second-order valence-electron chi connectivity index (χ2n) is 5.20. The Balaban J connectivity index is 0.00000400. The maximum absolute atomic E-state index is 5.43. The van der Waals surface area contributed by atoms with Gasteiger partial charge in [-0.1, -0.05) is 12.8 Å². The molecular weight excluding hydrogens is 381 g/mol. The minimum atomic E-state index is 0. The number of halogens is 1. The third-order valence-electron chi connectivity index (χ3n) is 3.44. The number of methoxy groups -OCH3 is 1. The van der Waals surface area contributed by atoms with E-state index < -0.39 is 0 Å². The lowest BCUT2D eigenvalue weighted by Crippen LogP contribution is -2.42. The monoisotopic (exact) mass is 413 g/mol. The van der Waals surface area contributed by atoms with Crippen molar-refractivity contribution in [1.82, 2.24) is 10.6 Å². The number of nitrogens with zero attached hydrogens (tertiary/aromatic N) is 1. The Labute approximate surface area is 146 Å². The van der Waals surface area contributed by atoms with Gasteiger partial charge in [-0.15, -0.1) is 24.0 Å². The molecule has 2 N–H and O–H groups in total. The zero-order chi connectivity index (χ0) is 14.5. The van der Waals surface area contributed by atoms with Crippen molar-refractivity contribution in [3.63, 3.8) is 0 Å². The fourth-order valence-corrected chi connectivity index (χ4v) is 2.33. The predicted molar refractivity (Wildman–Crippen MR) is 98.7 cm³/mol. The Morgan fingerprint density at radius 1 is 1.14 bits per heavy atom. The lowest BCUT2D eigenvalue weighted by molar-refractivity contribution is 0.0690. The van der Waals surface area contributed by atoms with Crippen LogP contribution in [0.15, 0.2) is 4.99 Å². The Morgan fingerprint density at radius 2 is 1.90 bits per heavy atom. The first-order chi connectivity index (χ1) is 9.86. The van der Waals surface area contributed by atoms with Gasteiger partial charge in [-0.25, -0.2) is 0 Å². The minimum absolute atomic E-state index is 0. The molecule has 0 aliphatic heterocycles. The van der Waals surface area contributed by atoms with Gasteiger partial charge in [0.25, 0.3) is 0 Å². The van der Waals surface area contributed by atoms with Crippen molar-refractivity contribution in [1.29, 1.82) is 0 Å². The smallest absolute Gasteiger partial charge is 0.191 e. The molecule has 1 aliphatic rings. The number of guanidine groups is 1. The van der Waals surface area contributed by atoms with Crippen LogP contribution in [0.1, 0.15) is 45.4 Å². The Kier molecular flexibility index (Phi) is 14.8. The van der Waals surface area contributed by atoms with Crippen molar-refractivity contribution < 1.29 is 9.47 Å². The van der Waals surface area contributed by atoms with Gasteiger partial charge in [0.05, 0.1) is 13.2 Å². The topological polar surface area (TPSA) is 54.9 Å². The van der Waals surface area contributed by atoms with Crippen LogP contribution < -0.4 is 10.6 Å². The van der Waals surface area contributed by atoms with E-state index in [2.05, 4.69) is 22.5 Å². The summed E-state index contributed by atoms with van der Waals surface area (Å²) < 4.78 is 10.4. The van der Waals surface area contributed by atoms with Crippen molar-refractivity contribution in [2.24, 2.45) is 4.99 Å². The Hall–Kier alpha value is -0.0800. The highest BCUT2D eigenvalue weighted by molar-refractivity contribution is 14.0. The van der Waals surface area contributed by atoms with E-state index in [1.54, 1.807) is 7.11 Å². The zero-order valence-corrected chi connectivity index (χ0v) is 15.9. The van der Waals surface area contributed by atoms with Gasteiger partial charge in [0.1, 0.15) is 0 Å². The van der Waals surface area contributed by atoms with Gasteiger partial charge in [0, 0.05) is 32.8 Å². The molecule has 0 aromatic rings. The molecule has 126 valence electrons. The standard InChI is InChI=1S/C15H31N3O2.HI/c1-3-16-15(18-14-8-4-5-9-14)17-10-6-7-11-20-13-12-19-2;/h14H,3-13H2,1-2H3,(H2,16,17,18);1H. The second kappa shape index (κ2) is 14.8. The van der Waals surface area contributed by atoms with E-state index in [0.717, 1.165) is 38.5 Å². The van der Waals surface area contributed by atoms with Crippen LogP contribution in [0, 0.1) is 0 Å². The first-order valence-corrected chi connectivity index (χ1v) is 7.98. The molecular formula is C15H32IN3O2. The highest BCUT2D eigenvalue weighted by atomic mass is 127. The molecule has 5 nitrogen and oxygen atoms in total. The summed E-state index contributed by atoms with van der Waals surface area (Å²) in [5.74, 6) is 0.972. The molecule has 0 unspecified atom stereocenters. The summed E-state index contributed by atoms with van der Waals surface area (Å²) in [7, 11) is 1.69. The molecule has 0 aromatic heterocycles. The number of hydrogen-bond donors (Lipinski definition) is 2. The van der Waals surface area contributed by atoms with Crippen LogP contribution in [-0.4, -0.2) is 52.0 Å². The zero-order valence-electron chi connectivity index (χ0n) is 13.5. The minimum Gasteiger partial charge on any atom is -0.382 e. The summed E-state index contributed by atoms with van der Waals surface area (Å²) in [6.45, 7) is 6.04. The van der Waals surface area contributed by atoms with E-state index in [1.807, 2.05) is 0 Å². The van der Waals surface area contributed by atoms with Gasteiger partial charge in [-0.2, -0.15) is 0 Å². The fourth-order valence-electron chi connectivity index (χ4n) is 2.33. The van der Waals surface area contributed by atoms with Crippen LogP contribution >= 0.6 is 24.0 Å². The molecule has 0 aromatic carbocycles. The first-order valence-electron chi connectivity index (χ1n) is 7.98. The van der Waals surface area contributed by atoms with Gasteiger partial charge < -0.3 is 20.1 Å². The fraction of sp³-hybridized carbons (Fsp3) is 0.933. The van der Waals surface area contributed by atoms with Gasteiger partial charge in [-0.05, 0) is 32.6 Å². The number of ether oxygens (including phenoxy) is 2. The Bertz CT molecular complexity index is 259. The van der Waals surface area contributed by atoms with Crippen LogP contribution in [-0.2, 0) is 9.47 Å². The molecule has 6 heteroatoms. The molecule has 0 radical (unpaired) electrons. The third-order valence-corrected chi connectivity index (χ3v) is 3.44. The van der Waals surface area contributed by atoms with Crippen LogP contribution in [0.5, 0.6) is 0 Å². The molecule has 0 spiro atoms. The molecule has 1 saturated carbocycles. The molecule has 1 aliphatic carbocycles. The van der Waals surface area contributed by atoms with Crippen LogP contribution in [0.2, 0.25) is 0 Å². The number of hydrogen-bond acceptors (Lipinski definition) is 3. The average molecular weight is 413 g/mol. The molecule has 0 amide bonds. The highest BCUT2D eigenvalue weighted by Crippen LogP contribution is 2.17. The van der Waals surface area contributed by atoms with Crippen molar-refractivity contribution in [2.75, 3.05) is 40.0 Å². The molecule has 0 heterocycles. The van der Waals surface area contributed by atoms with Crippen LogP contribution in [0.4, 0.5) is 0 Å². The molecule has 21 heavy (non-hydrogen) atoms. The number of unbranched alkanes of at least 4 members (excludes halogenated alkanes) is 1. The Morgan fingerprint density at radius 3 is 2.57 bits per heavy atom. The predicted octanol–water partition coefficient (Wildman–Crippen LogP) is 2.55. The number of nitrogens with one attached hydrogen (secondary N) is 2. The van der Waals surface area contributed by atoms with E-state index in [4.69, 9.17) is 9.47 Å². The lowest BCUT2D eigenvalue weighted by Gasteiger charge is -2.16. The first kappa shape index (κ1) is 20.9. The quantitative estimate of drug-likeness (QED) is 0.250. The van der Waals surface area contributed by atoms with Crippen LogP contribution in [0.25, 0.3) is 0 Å². The van der Waals surface area contributed by atoms with Crippen molar-refractivity contribution in [2.45, 2.75) is 51.5 Å². The van der Waals surface area contributed by atoms with Crippen molar-refractivity contribution in [3.05, 3.63) is 0 Å². The van der Waals surface area contributed by atoms with E-state index in [1.165, 1.54) is 25.7 Å². The summed E-state index contributed by atoms with van der Waals surface area (Å²) in [5.41, 5.74) is 0. The summed E-state index contributed by atoms with van der Waals surface area (Å²) in [4.78, 5) is 4.63. The van der Waals surface area contributed by atoms with E-state index in [0.29, 0.717) is 19.3 Å². The van der Waals surface area contributed by atoms with Crippen molar-refractivity contribution in [3.8, 4) is 0 Å². The number of aliphatic imine (C=N–C) groups is 1. The maximum Gasteiger partial charge on any atom is 0.191 e. The normalized spacial score (nSPS) is 15.8. The van der Waals surface area contributed by atoms with Gasteiger partial charge >= 0.3 is 0 Å². The van der Waals surface area contributed by atoms with Gasteiger partial charge in [0.2, 0.25) is 0 Å². The van der Waals surface area contributed by atoms with Gasteiger partial charge in [-0.3, -0.25) is 4.99 Å². The number of rotatable bonds is 10. The summed E-state index contributed by atoms with van der Waals surface area (Å²) in [6.07, 6.45) is 7.35. The van der Waals surface area contributed by atoms with Gasteiger partial charge in [0.15, 0.2) is 5.96 Å². The molecule has 0 atom stereocenters. The van der Waals surface area contributed by atoms with Crippen LogP contribution in [0.3, 0.4) is 0 Å². The molecule has 1 rings (SSSR count). The van der Waals surface area contributed by atoms with E-state index in [-0.39, 0.29) is 24.0 Å².